The molecule has 0 aliphatic carbocycles. The Morgan fingerprint density at radius 3 is 1.13 bits per heavy atom. The second kappa shape index (κ2) is 19.2. The molecule has 12 aromatic rings. The molecule has 0 spiro atoms. The van der Waals surface area contributed by atoms with Crippen molar-refractivity contribution in [3.8, 4) is 120 Å². The molecule has 0 unspecified atom stereocenters. The molecule has 0 atom stereocenters. The first-order valence-electron chi connectivity index (χ1n) is 24.0. The van der Waals surface area contributed by atoms with E-state index in [2.05, 4.69) is 53.1 Å². The lowest BCUT2D eigenvalue weighted by Crippen LogP contribution is -2.04. The number of rotatable bonds is 9. The lowest BCUT2D eigenvalue weighted by Gasteiger charge is -2.17. The number of nitrogens with zero attached hydrogens (tertiary/aromatic N) is 10. The normalized spacial score (nSPS) is 10.9. The summed E-state index contributed by atoms with van der Waals surface area (Å²) in [6.45, 7) is 0. The number of fused-ring (bicyclic) bond motifs is 3. The molecule has 0 bridgehead atoms. The molecule has 75 heavy (non-hydrogen) atoms. The number of aromatic nitrogens is 6. The van der Waals surface area contributed by atoms with Crippen LogP contribution in [0.15, 0.2) is 218 Å². The third-order valence-electron chi connectivity index (χ3n) is 13.2. The fourth-order valence-electron chi connectivity index (χ4n) is 9.60. The third kappa shape index (κ3) is 8.45. The summed E-state index contributed by atoms with van der Waals surface area (Å²) in [5, 5.41) is 41.8. The van der Waals surface area contributed by atoms with E-state index in [0.717, 1.165) is 72.3 Å². The van der Waals surface area contributed by atoms with Gasteiger partial charge in [-0.2, -0.15) is 21.0 Å². The molecule has 0 fully saturated rings. The van der Waals surface area contributed by atoms with Crippen molar-refractivity contribution in [3.05, 3.63) is 241 Å². The predicted octanol–water partition coefficient (Wildman–Crippen LogP) is 14.6. The molecular formula is C65H36N10. The van der Waals surface area contributed by atoms with Crippen LogP contribution in [0, 0.1) is 45.3 Å². The molecule has 0 amide bonds. The number of benzene rings is 9. The first kappa shape index (κ1) is 45.0. The van der Waals surface area contributed by atoms with Crippen molar-refractivity contribution in [2.45, 2.75) is 0 Å². The van der Waals surface area contributed by atoms with E-state index >= 15 is 0 Å². The van der Waals surface area contributed by atoms with Gasteiger partial charge in [0.25, 0.3) is 0 Å². The average Bonchev–Trinajstić information content (AvgIpc) is 3.88. The third-order valence-corrected chi connectivity index (χ3v) is 13.2. The standard InChI is InChI=1S/C65H36N10/c66-37-41-21-26-52(50(31-41)39-68)47-23-28-59-54(33-47)55-34-48(53-27-22-42(38-67)32-51(53)40-69)24-29-60(55)75(59)61-30-25-49(64-73-62(45-17-9-3-10-18-45)72-63(74-64)46-19-11-4-12-20-46)35-56(61)65-70-57(43-13-5-1-6-14-43)36-58(71-65)44-15-7-2-8-16-44/h1-36H. The zero-order valence-corrected chi connectivity index (χ0v) is 39.8. The Morgan fingerprint density at radius 1 is 0.293 bits per heavy atom. The van der Waals surface area contributed by atoms with Crippen molar-refractivity contribution in [2.24, 2.45) is 0 Å². The minimum absolute atomic E-state index is 0.376. The van der Waals surface area contributed by atoms with Crippen molar-refractivity contribution in [1.82, 2.24) is 29.5 Å². The van der Waals surface area contributed by atoms with Crippen LogP contribution in [0.25, 0.3) is 118 Å². The van der Waals surface area contributed by atoms with E-state index in [9.17, 15) is 21.0 Å². The van der Waals surface area contributed by atoms with E-state index in [4.69, 9.17) is 24.9 Å². The Hall–Kier alpha value is -11.2. The highest BCUT2D eigenvalue weighted by molar-refractivity contribution is 6.12. The van der Waals surface area contributed by atoms with Crippen LogP contribution in [0.5, 0.6) is 0 Å². The van der Waals surface area contributed by atoms with E-state index in [1.54, 1.807) is 24.3 Å². The van der Waals surface area contributed by atoms with Gasteiger partial charge in [-0.3, -0.25) is 0 Å². The first-order valence-corrected chi connectivity index (χ1v) is 24.0. The van der Waals surface area contributed by atoms with Crippen LogP contribution in [0.2, 0.25) is 0 Å². The van der Waals surface area contributed by atoms with E-state index < -0.39 is 0 Å². The second-order valence-corrected chi connectivity index (χ2v) is 17.7. The molecule has 0 aliphatic rings. The molecule has 12 rings (SSSR count). The van der Waals surface area contributed by atoms with Crippen molar-refractivity contribution in [2.75, 3.05) is 0 Å². The van der Waals surface area contributed by atoms with Gasteiger partial charge in [-0.1, -0.05) is 146 Å². The highest BCUT2D eigenvalue weighted by Gasteiger charge is 2.23. The van der Waals surface area contributed by atoms with Crippen molar-refractivity contribution in [3.63, 3.8) is 0 Å². The minimum atomic E-state index is 0.376. The highest BCUT2D eigenvalue weighted by atomic mass is 15.0. The van der Waals surface area contributed by atoms with Gasteiger partial charge in [-0.05, 0) is 95.1 Å². The van der Waals surface area contributed by atoms with Crippen LogP contribution in [0.4, 0.5) is 0 Å². The summed E-state index contributed by atoms with van der Waals surface area (Å²) in [5.74, 6) is 1.97. The summed E-state index contributed by atoms with van der Waals surface area (Å²) in [6.07, 6.45) is 0. The monoisotopic (exact) mass is 956 g/mol. The summed E-state index contributed by atoms with van der Waals surface area (Å²) < 4.78 is 2.20. The van der Waals surface area contributed by atoms with Gasteiger partial charge >= 0.3 is 0 Å². The van der Waals surface area contributed by atoms with Gasteiger partial charge < -0.3 is 4.57 Å². The SMILES string of the molecule is N#Cc1ccc(-c2ccc3c(c2)c2cc(-c4ccc(C#N)cc4C#N)ccc2n3-c2ccc(-c3nc(-c4ccccc4)nc(-c4ccccc4)n3)cc2-c2nc(-c3ccccc3)cc(-c3ccccc3)n2)c(C#N)c1. The maximum Gasteiger partial charge on any atom is 0.164 e. The van der Waals surface area contributed by atoms with Crippen LogP contribution < -0.4 is 0 Å². The van der Waals surface area contributed by atoms with Gasteiger partial charge in [0.05, 0.1) is 74.6 Å². The van der Waals surface area contributed by atoms with Gasteiger partial charge in [0.15, 0.2) is 23.3 Å². The molecule has 0 saturated carbocycles. The number of hydrogen-bond donors (Lipinski definition) is 0. The van der Waals surface area contributed by atoms with Gasteiger partial charge in [0, 0.05) is 44.2 Å². The van der Waals surface area contributed by atoms with Gasteiger partial charge in [-0.15, -0.1) is 0 Å². The van der Waals surface area contributed by atoms with Crippen LogP contribution in [-0.2, 0) is 0 Å². The first-order chi connectivity index (χ1) is 37.0. The molecule has 3 heterocycles. The molecule has 10 nitrogen and oxygen atoms in total. The lowest BCUT2D eigenvalue weighted by atomic mass is 9.95. The Balaban J connectivity index is 1.16. The maximum absolute atomic E-state index is 10.3. The van der Waals surface area contributed by atoms with Crippen LogP contribution in [0.3, 0.4) is 0 Å². The number of nitriles is 4. The fraction of sp³-hybridized carbons (Fsp3) is 0. The minimum Gasteiger partial charge on any atom is -0.308 e. The summed E-state index contributed by atoms with van der Waals surface area (Å²) in [5.41, 5.74) is 13.3. The Kier molecular flexibility index (Phi) is 11.5. The number of hydrogen-bond acceptors (Lipinski definition) is 9. The molecule has 0 aliphatic heterocycles. The summed E-state index contributed by atoms with van der Waals surface area (Å²) in [7, 11) is 0. The topological polar surface area (TPSA) is 165 Å². The van der Waals surface area contributed by atoms with Crippen LogP contribution in [0.1, 0.15) is 22.3 Å². The highest BCUT2D eigenvalue weighted by Crippen LogP contribution is 2.42. The molecule has 0 radical (unpaired) electrons. The summed E-state index contributed by atoms with van der Waals surface area (Å²) in [4.78, 5) is 26.0. The van der Waals surface area contributed by atoms with Crippen molar-refractivity contribution < 1.29 is 0 Å². The molecule has 0 N–H and O–H groups in total. The van der Waals surface area contributed by atoms with E-state index in [1.165, 1.54) is 0 Å². The maximum atomic E-state index is 10.3. The second-order valence-electron chi connectivity index (χ2n) is 17.7. The molecule has 10 heteroatoms. The lowest BCUT2D eigenvalue weighted by molar-refractivity contribution is 1.07. The molecular weight excluding hydrogens is 921 g/mol. The van der Waals surface area contributed by atoms with Crippen molar-refractivity contribution >= 4 is 21.8 Å². The zero-order chi connectivity index (χ0) is 50.8. The fourth-order valence-corrected chi connectivity index (χ4v) is 9.60. The van der Waals surface area contributed by atoms with Crippen molar-refractivity contribution in [1.29, 1.82) is 21.0 Å². The summed E-state index contributed by atoms with van der Waals surface area (Å²) in [6, 6.07) is 79.4. The van der Waals surface area contributed by atoms with E-state index in [-0.39, 0.29) is 0 Å². The van der Waals surface area contributed by atoms with Crippen LogP contribution >= 0.6 is 0 Å². The zero-order valence-electron chi connectivity index (χ0n) is 39.8. The smallest absolute Gasteiger partial charge is 0.164 e. The average molecular weight is 957 g/mol. The van der Waals surface area contributed by atoms with Gasteiger partial charge in [0.2, 0.25) is 0 Å². The Morgan fingerprint density at radius 2 is 0.707 bits per heavy atom. The molecule has 346 valence electrons. The largest absolute Gasteiger partial charge is 0.308 e. The quantitative estimate of drug-likeness (QED) is 0.137. The summed E-state index contributed by atoms with van der Waals surface area (Å²) >= 11 is 0. The van der Waals surface area contributed by atoms with E-state index in [0.29, 0.717) is 67.8 Å². The van der Waals surface area contributed by atoms with Gasteiger partial charge in [-0.25, -0.2) is 24.9 Å². The Bertz CT molecular complexity index is 4140. The molecule has 9 aromatic carbocycles. The predicted molar refractivity (Wildman–Crippen MR) is 292 cm³/mol. The molecule has 0 saturated heterocycles. The molecule has 3 aromatic heterocycles. The Labute approximate surface area is 431 Å². The van der Waals surface area contributed by atoms with Crippen LogP contribution in [-0.4, -0.2) is 29.5 Å². The van der Waals surface area contributed by atoms with E-state index in [1.807, 2.05) is 170 Å². The van der Waals surface area contributed by atoms with Gasteiger partial charge in [0.1, 0.15) is 0 Å².